The second kappa shape index (κ2) is 3.97. The Bertz CT molecular complexity index is 765. The smallest absolute Gasteiger partial charge is 0.171 e. The minimum Gasteiger partial charge on any atom is -0.227 e. The third-order valence-electron chi connectivity index (χ3n) is 2.76. The molecule has 1 aromatic carbocycles. The molecule has 0 aliphatic heterocycles. The largest absolute Gasteiger partial charge is 0.227 e. The summed E-state index contributed by atoms with van der Waals surface area (Å²) in [5, 5.41) is 14.5. The molecule has 0 spiro atoms. The Labute approximate surface area is 104 Å². The Morgan fingerprint density at radius 1 is 1.22 bits per heavy atom. The minimum atomic E-state index is 0.525. The van der Waals surface area contributed by atoms with Crippen molar-refractivity contribution in [2.75, 3.05) is 0 Å². The lowest BCUT2D eigenvalue weighted by Gasteiger charge is -2.05. The van der Waals surface area contributed by atoms with Crippen LogP contribution in [0.1, 0.15) is 11.3 Å². The molecule has 0 N–H and O–H groups in total. The fourth-order valence-electron chi connectivity index (χ4n) is 1.90. The van der Waals surface area contributed by atoms with Crippen molar-refractivity contribution < 1.29 is 0 Å². The molecule has 0 unspecified atom stereocenters. The first kappa shape index (κ1) is 10.5. The van der Waals surface area contributed by atoms with Gasteiger partial charge in [0.25, 0.3) is 0 Å². The third kappa shape index (κ3) is 1.62. The number of hydrogen-bond acceptors (Lipinski definition) is 3. The first-order chi connectivity index (χ1) is 8.78. The number of benzene rings is 1. The van der Waals surface area contributed by atoms with Gasteiger partial charge in [0.1, 0.15) is 6.07 Å². The summed E-state index contributed by atoms with van der Waals surface area (Å²) in [4.78, 5) is 4.51. The van der Waals surface area contributed by atoms with E-state index in [1.807, 2.05) is 49.5 Å². The van der Waals surface area contributed by atoms with Crippen molar-refractivity contribution in [2.24, 2.45) is 0 Å². The van der Waals surface area contributed by atoms with Gasteiger partial charge in [-0.25, -0.2) is 9.67 Å². The van der Waals surface area contributed by atoms with Crippen LogP contribution < -0.4 is 0 Å². The van der Waals surface area contributed by atoms with Gasteiger partial charge in [-0.2, -0.15) is 10.4 Å². The lowest BCUT2D eigenvalue weighted by atomic mass is 10.1. The number of para-hydroxylation sites is 1. The first-order valence-corrected chi connectivity index (χ1v) is 5.60. The number of fused-ring (bicyclic) bond motifs is 1. The summed E-state index contributed by atoms with van der Waals surface area (Å²) in [5.74, 6) is 0.573. The standard InChI is InChI=1S/C14H10N4/c1-10-6-7-18(17-10)14-12(9-15)8-11-4-2-3-5-13(11)16-14/h2-8H,1H3. The van der Waals surface area contributed by atoms with Crippen LogP contribution in [0.25, 0.3) is 16.7 Å². The number of aryl methyl sites for hydroxylation is 1. The highest BCUT2D eigenvalue weighted by Crippen LogP contribution is 2.18. The van der Waals surface area contributed by atoms with Crippen molar-refractivity contribution in [3.05, 3.63) is 53.9 Å². The van der Waals surface area contributed by atoms with E-state index in [2.05, 4.69) is 16.2 Å². The van der Waals surface area contributed by atoms with Gasteiger partial charge in [-0.1, -0.05) is 18.2 Å². The molecular formula is C14H10N4. The molecule has 0 saturated carbocycles. The highest BCUT2D eigenvalue weighted by Gasteiger charge is 2.09. The number of nitrogens with zero attached hydrogens (tertiary/aromatic N) is 4. The van der Waals surface area contributed by atoms with Crippen LogP contribution in [0.4, 0.5) is 0 Å². The summed E-state index contributed by atoms with van der Waals surface area (Å²) >= 11 is 0. The van der Waals surface area contributed by atoms with Gasteiger partial charge in [0.05, 0.1) is 16.8 Å². The molecule has 0 saturated heterocycles. The highest BCUT2D eigenvalue weighted by molar-refractivity contribution is 5.81. The van der Waals surface area contributed by atoms with E-state index < -0.39 is 0 Å². The van der Waals surface area contributed by atoms with Gasteiger partial charge in [-0.15, -0.1) is 0 Å². The number of hydrogen-bond donors (Lipinski definition) is 0. The molecule has 4 nitrogen and oxygen atoms in total. The second-order valence-electron chi connectivity index (χ2n) is 4.07. The van der Waals surface area contributed by atoms with Crippen molar-refractivity contribution >= 4 is 10.9 Å². The predicted molar refractivity (Wildman–Crippen MR) is 68.3 cm³/mol. The summed E-state index contributed by atoms with van der Waals surface area (Å²) in [7, 11) is 0. The molecule has 0 bridgehead atoms. The Balaban J connectivity index is 2.31. The van der Waals surface area contributed by atoms with Gasteiger partial charge in [0.15, 0.2) is 5.82 Å². The zero-order chi connectivity index (χ0) is 12.5. The summed E-state index contributed by atoms with van der Waals surface area (Å²) < 4.78 is 1.64. The van der Waals surface area contributed by atoms with Crippen molar-refractivity contribution in [1.82, 2.24) is 14.8 Å². The molecule has 0 amide bonds. The van der Waals surface area contributed by atoms with Gasteiger partial charge < -0.3 is 0 Å². The predicted octanol–water partition coefficient (Wildman–Crippen LogP) is 2.60. The van der Waals surface area contributed by atoms with Crippen LogP contribution in [0.3, 0.4) is 0 Å². The second-order valence-corrected chi connectivity index (χ2v) is 4.07. The van der Waals surface area contributed by atoms with Gasteiger partial charge in [-0.3, -0.25) is 0 Å². The van der Waals surface area contributed by atoms with Crippen LogP contribution in [-0.2, 0) is 0 Å². The van der Waals surface area contributed by atoms with E-state index in [-0.39, 0.29) is 0 Å². The SMILES string of the molecule is Cc1ccn(-c2nc3ccccc3cc2C#N)n1. The molecule has 3 rings (SSSR count). The van der Waals surface area contributed by atoms with Crippen LogP contribution >= 0.6 is 0 Å². The molecule has 3 aromatic rings. The normalized spacial score (nSPS) is 10.4. The van der Waals surface area contributed by atoms with Crippen molar-refractivity contribution in [2.45, 2.75) is 6.92 Å². The molecule has 0 aliphatic carbocycles. The van der Waals surface area contributed by atoms with E-state index in [0.717, 1.165) is 16.6 Å². The summed E-state index contributed by atoms with van der Waals surface area (Å²) in [6, 6.07) is 13.6. The fraction of sp³-hybridized carbons (Fsp3) is 0.0714. The monoisotopic (exact) mass is 234 g/mol. The molecule has 2 heterocycles. The molecule has 0 aliphatic rings. The Hall–Kier alpha value is -2.67. The Morgan fingerprint density at radius 3 is 2.78 bits per heavy atom. The zero-order valence-electron chi connectivity index (χ0n) is 9.83. The van der Waals surface area contributed by atoms with Crippen LogP contribution in [-0.4, -0.2) is 14.8 Å². The quantitative estimate of drug-likeness (QED) is 0.650. The molecular weight excluding hydrogens is 224 g/mol. The zero-order valence-corrected chi connectivity index (χ0v) is 9.83. The van der Waals surface area contributed by atoms with Gasteiger partial charge in [0.2, 0.25) is 0 Å². The van der Waals surface area contributed by atoms with Crippen molar-refractivity contribution in [3.8, 4) is 11.9 Å². The molecule has 4 heteroatoms. The highest BCUT2D eigenvalue weighted by atomic mass is 15.3. The van der Waals surface area contributed by atoms with Gasteiger partial charge >= 0.3 is 0 Å². The molecule has 86 valence electrons. The molecule has 0 atom stereocenters. The molecule has 0 radical (unpaired) electrons. The molecule has 18 heavy (non-hydrogen) atoms. The average Bonchev–Trinajstić information content (AvgIpc) is 2.83. The third-order valence-corrected chi connectivity index (χ3v) is 2.76. The van der Waals surface area contributed by atoms with E-state index in [4.69, 9.17) is 0 Å². The number of pyridine rings is 1. The number of nitriles is 1. The van der Waals surface area contributed by atoms with Crippen LogP contribution in [0, 0.1) is 18.3 Å². The lowest BCUT2D eigenvalue weighted by Crippen LogP contribution is -2.02. The van der Waals surface area contributed by atoms with Crippen LogP contribution in [0.2, 0.25) is 0 Å². The first-order valence-electron chi connectivity index (χ1n) is 5.60. The van der Waals surface area contributed by atoms with Crippen molar-refractivity contribution in [1.29, 1.82) is 5.26 Å². The van der Waals surface area contributed by atoms with E-state index in [9.17, 15) is 5.26 Å². The minimum absolute atomic E-state index is 0.525. The fourth-order valence-corrected chi connectivity index (χ4v) is 1.90. The van der Waals surface area contributed by atoms with Crippen LogP contribution in [0.5, 0.6) is 0 Å². The molecule has 0 fully saturated rings. The Morgan fingerprint density at radius 2 is 2.06 bits per heavy atom. The van der Waals surface area contributed by atoms with E-state index in [1.165, 1.54) is 0 Å². The van der Waals surface area contributed by atoms with Gasteiger partial charge in [0, 0.05) is 11.6 Å². The summed E-state index contributed by atoms with van der Waals surface area (Å²) in [5.41, 5.74) is 2.28. The van der Waals surface area contributed by atoms with Crippen LogP contribution in [0.15, 0.2) is 42.6 Å². The maximum atomic E-state index is 9.21. The Kier molecular flexibility index (Phi) is 2.31. The number of rotatable bonds is 1. The average molecular weight is 234 g/mol. The maximum Gasteiger partial charge on any atom is 0.171 e. The maximum absolute atomic E-state index is 9.21. The van der Waals surface area contributed by atoms with E-state index in [1.54, 1.807) is 4.68 Å². The van der Waals surface area contributed by atoms with E-state index in [0.29, 0.717) is 11.4 Å². The van der Waals surface area contributed by atoms with Gasteiger partial charge in [-0.05, 0) is 25.1 Å². The molecule has 2 aromatic heterocycles. The van der Waals surface area contributed by atoms with Crippen molar-refractivity contribution in [3.63, 3.8) is 0 Å². The van der Waals surface area contributed by atoms with E-state index >= 15 is 0 Å². The summed E-state index contributed by atoms with van der Waals surface area (Å²) in [6.45, 7) is 1.91. The lowest BCUT2D eigenvalue weighted by molar-refractivity contribution is 0.834. The summed E-state index contributed by atoms with van der Waals surface area (Å²) in [6.07, 6.45) is 1.81. The number of aromatic nitrogens is 3. The topological polar surface area (TPSA) is 54.5 Å².